The molecule has 0 fully saturated rings. The molecule has 0 saturated heterocycles. The van der Waals surface area contributed by atoms with E-state index >= 15 is 0 Å². The van der Waals surface area contributed by atoms with E-state index in [1.165, 1.54) is 0 Å². The number of hydrogen-bond donors (Lipinski definition) is 0. The van der Waals surface area contributed by atoms with Crippen LogP contribution in [0.5, 0.6) is 5.75 Å². The van der Waals surface area contributed by atoms with Crippen molar-refractivity contribution >= 4 is 11.6 Å². The minimum Gasteiger partial charge on any atom is -0.496 e. The van der Waals surface area contributed by atoms with Gasteiger partial charge in [0.1, 0.15) is 11.2 Å². The molecule has 1 unspecified atom stereocenters. The number of fused-ring (bicyclic) bond motifs is 1. The molecule has 0 saturated carbocycles. The van der Waals surface area contributed by atoms with Crippen molar-refractivity contribution in [3.8, 4) is 5.75 Å². The highest BCUT2D eigenvalue weighted by Gasteiger charge is 2.52. The number of ether oxygens (including phenoxy) is 1. The van der Waals surface area contributed by atoms with Crippen molar-refractivity contribution in [3.63, 3.8) is 0 Å². The SMILES string of the molecule is COc1ccccc1CN(C)N1C(=O)C(CCN(C)C)(c2ccccc2)c2ccccc21. The van der Waals surface area contributed by atoms with Crippen LogP contribution in [0, 0.1) is 0 Å². The zero-order valence-corrected chi connectivity index (χ0v) is 19.3. The third kappa shape index (κ3) is 3.78. The average Bonchev–Trinajstić information content (AvgIpc) is 3.07. The van der Waals surface area contributed by atoms with Crippen LogP contribution in [0.1, 0.15) is 23.1 Å². The Hall–Kier alpha value is -3.15. The fourth-order valence-electron chi connectivity index (χ4n) is 4.69. The smallest absolute Gasteiger partial charge is 0.256 e. The van der Waals surface area contributed by atoms with E-state index in [2.05, 4.69) is 37.2 Å². The molecule has 3 aromatic rings. The van der Waals surface area contributed by atoms with Crippen molar-refractivity contribution in [2.24, 2.45) is 0 Å². The molecule has 1 amide bonds. The molecule has 1 atom stereocenters. The van der Waals surface area contributed by atoms with Crippen molar-refractivity contribution in [2.45, 2.75) is 18.4 Å². The monoisotopic (exact) mass is 429 g/mol. The van der Waals surface area contributed by atoms with Gasteiger partial charge in [0.25, 0.3) is 5.91 Å². The van der Waals surface area contributed by atoms with Gasteiger partial charge in [-0.15, -0.1) is 0 Å². The Morgan fingerprint density at radius 1 is 0.875 bits per heavy atom. The molecule has 5 nitrogen and oxygen atoms in total. The number of rotatable bonds is 8. The molecular formula is C27H31N3O2. The van der Waals surface area contributed by atoms with Crippen LogP contribution in [-0.4, -0.2) is 50.6 Å². The Morgan fingerprint density at radius 3 is 2.25 bits per heavy atom. The summed E-state index contributed by atoms with van der Waals surface area (Å²) in [4.78, 5) is 16.5. The van der Waals surface area contributed by atoms with E-state index in [9.17, 15) is 4.79 Å². The molecule has 0 aliphatic carbocycles. The number of para-hydroxylation sites is 2. The number of hydrogen-bond acceptors (Lipinski definition) is 4. The van der Waals surface area contributed by atoms with Gasteiger partial charge in [0.15, 0.2) is 0 Å². The Balaban J connectivity index is 1.80. The second-order valence-corrected chi connectivity index (χ2v) is 8.59. The van der Waals surface area contributed by atoms with E-state index < -0.39 is 5.41 Å². The maximum absolute atomic E-state index is 14.3. The van der Waals surface area contributed by atoms with Crippen molar-refractivity contribution in [1.82, 2.24) is 9.91 Å². The molecule has 0 bridgehead atoms. The van der Waals surface area contributed by atoms with Crippen LogP contribution >= 0.6 is 0 Å². The summed E-state index contributed by atoms with van der Waals surface area (Å²) >= 11 is 0. The fourth-order valence-corrected chi connectivity index (χ4v) is 4.69. The van der Waals surface area contributed by atoms with Crippen LogP contribution < -0.4 is 9.75 Å². The Bertz CT molecular complexity index is 1080. The quantitative estimate of drug-likeness (QED) is 0.534. The topological polar surface area (TPSA) is 36.0 Å². The number of methoxy groups -OCH3 is 1. The molecular weight excluding hydrogens is 398 g/mol. The predicted octanol–water partition coefficient (Wildman–Crippen LogP) is 4.33. The van der Waals surface area contributed by atoms with Gasteiger partial charge >= 0.3 is 0 Å². The first-order valence-electron chi connectivity index (χ1n) is 11.0. The minimum absolute atomic E-state index is 0.0872. The highest BCUT2D eigenvalue weighted by atomic mass is 16.5. The van der Waals surface area contributed by atoms with Gasteiger partial charge in [-0.05, 0) is 50.3 Å². The van der Waals surface area contributed by atoms with Gasteiger partial charge in [-0.3, -0.25) is 4.79 Å². The average molecular weight is 430 g/mol. The first kappa shape index (κ1) is 22.1. The molecule has 166 valence electrons. The van der Waals surface area contributed by atoms with Gasteiger partial charge in [0.05, 0.1) is 12.8 Å². The molecule has 1 aliphatic heterocycles. The molecule has 0 radical (unpaired) electrons. The lowest BCUT2D eigenvalue weighted by molar-refractivity contribution is -0.124. The maximum Gasteiger partial charge on any atom is 0.256 e. The van der Waals surface area contributed by atoms with Crippen molar-refractivity contribution in [2.75, 3.05) is 39.8 Å². The van der Waals surface area contributed by atoms with E-state index in [-0.39, 0.29) is 5.91 Å². The third-order valence-electron chi connectivity index (χ3n) is 6.28. The molecule has 1 heterocycles. The fraction of sp³-hybridized carbons (Fsp3) is 0.296. The highest BCUT2D eigenvalue weighted by molar-refractivity contribution is 6.09. The van der Waals surface area contributed by atoms with Gasteiger partial charge in [-0.1, -0.05) is 66.7 Å². The molecule has 4 rings (SSSR count). The molecule has 1 aliphatic rings. The lowest BCUT2D eigenvalue weighted by atomic mass is 9.73. The minimum atomic E-state index is -0.725. The van der Waals surface area contributed by atoms with Gasteiger partial charge in [0, 0.05) is 19.2 Å². The second kappa shape index (κ2) is 9.15. The van der Waals surface area contributed by atoms with Crippen LogP contribution in [0.25, 0.3) is 0 Å². The number of hydrazine groups is 1. The Kier molecular flexibility index (Phi) is 6.31. The van der Waals surface area contributed by atoms with Gasteiger partial charge in [0.2, 0.25) is 0 Å². The standard InChI is InChI=1S/C27H31N3O2/c1-28(2)19-18-27(22-13-6-5-7-14-22)23-15-9-10-16-24(23)30(26(27)31)29(3)20-21-12-8-11-17-25(21)32-4/h5-17H,18-20H2,1-4H3. The van der Waals surface area contributed by atoms with Crippen LogP contribution in [0.15, 0.2) is 78.9 Å². The van der Waals surface area contributed by atoms with Crippen LogP contribution in [0.3, 0.4) is 0 Å². The van der Waals surface area contributed by atoms with Crippen molar-refractivity contribution in [1.29, 1.82) is 0 Å². The van der Waals surface area contributed by atoms with Crippen LogP contribution in [0.2, 0.25) is 0 Å². The summed E-state index contributed by atoms with van der Waals surface area (Å²) in [6.45, 7) is 1.36. The van der Waals surface area contributed by atoms with Crippen LogP contribution in [-0.2, 0) is 16.8 Å². The molecule has 3 aromatic carbocycles. The maximum atomic E-state index is 14.3. The summed E-state index contributed by atoms with van der Waals surface area (Å²) < 4.78 is 5.54. The molecule has 32 heavy (non-hydrogen) atoms. The number of benzene rings is 3. The van der Waals surface area contributed by atoms with Crippen LogP contribution in [0.4, 0.5) is 5.69 Å². The number of anilines is 1. The summed E-state index contributed by atoms with van der Waals surface area (Å²) in [7, 11) is 7.75. The summed E-state index contributed by atoms with van der Waals surface area (Å²) in [6, 6.07) is 26.3. The van der Waals surface area contributed by atoms with Gasteiger partial charge in [-0.25, -0.2) is 10.0 Å². The summed E-state index contributed by atoms with van der Waals surface area (Å²) in [5, 5.41) is 3.85. The Morgan fingerprint density at radius 2 is 1.53 bits per heavy atom. The van der Waals surface area contributed by atoms with E-state index in [1.807, 2.05) is 77.7 Å². The Labute approximate surface area is 190 Å². The zero-order valence-electron chi connectivity index (χ0n) is 19.3. The van der Waals surface area contributed by atoms with Gasteiger partial charge < -0.3 is 9.64 Å². The highest BCUT2D eigenvalue weighted by Crippen LogP contribution is 2.49. The molecule has 5 heteroatoms. The predicted molar refractivity (Wildman–Crippen MR) is 129 cm³/mol. The second-order valence-electron chi connectivity index (χ2n) is 8.59. The van der Waals surface area contributed by atoms with Crippen molar-refractivity contribution in [3.05, 3.63) is 95.6 Å². The lowest BCUT2D eigenvalue weighted by Crippen LogP contribution is -2.49. The lowest BCUT2D eigenvalue weighted by Gasteiger charge is -2.33. The number of amides is 1. The number of carbonyl (C=O) groups excluding carboxylic acids is 1. The first-order chi connectivity index (χ1) is 15.5. The first-order valence-corrected chi connectivity index (χ1v) is 11.0. The van der Waals surface area contributed by atoms with E-state index in [1.54, 1.807) is 7.11 Å². The summed E-state index contributed by atoms with van der Waals surface area (Å²) in [5.41, 5.74) is 3.35. The summed E-state index contributed by atoms with van der Waals surface area (Å²) in [6.07, 6.45) is 0.707. The number of nitrogens with zero attached hydrogens (tertiary/aromatic N) is 3. The van der Waals surface area contributed by atoms with E-state index in [0.717, 1.165) is 34.7 Å². The van der Waals surface area contributed by atoms with Gasteiger partial charge in [-0.2, -0.15) is 0 Å². The largest absolute Gasteiger partial charge is 0.496 e. The summed E-state index contributed by atoms with van der Waals surface area (Å²) in [5.74, 6) is 0.908. The molecule has 0 aromatic heterocycles. The number of carbonyl (C=O) groups is 1. The zero-order chi connectivity index (χ0) is 22.7. The van der Waals surface area contributed by atoms with E-state index in [0.29, 0.717) is 13.0 Å². The normalized spacial score (nSPS) is 17.8. The third-order valence-corrected chi connectivity index (χ3v) is 6.28. The molecule has 0 N–H and O–H groups in total. The molecule has 0 spiro atoms. The van der Waals surface area contributed by atoms with E-state index in [4.69, 9.17) is 4.74 Å². The van der Waals surface area contributed by atoms with Crippen molar-refractivity contribution < 1.29 is 9.53 Å².